The van der Waals surface area contributed by atoms with Crippen LogP contribution in [-0.2, 0) is 17.9 Å². The van der Waals surface area contributed by atoms with Gasteiger partial charge in [0.1, 0.15) is 0 Å². The third kappa shape index (κ3) is 6.22. The topological polar surface area (TPSA) is 61.8 Å². The number of rotatable bonds is 8. The number of aromatic hydroxyl groups is 1. The molecule has 0 fully saturated rings. The molecule has 0 aliphatic rings. The molecular weight excluding hydrogens is 376 g/mol. The molecule has 5 heteroatoms. The van der Waals surface area contributed by atoms with E-state index >= 15 is 0 Å². The number of carbonyl (C=O) groups is 1. The number of benzene rings is 3. The lowest BCUT2D eigenvalue weighted by Gasteiger charge is -2.17. The van der Waals surface area contributed by atoms with Gasteiger partial charge in [0.15, 0.2) is 11.5 Å². The summed E-state index contributed by atoms with van der Waals surface area (Å²) in [6.07, 6.45) is 3.12. The van der Waals surface area contributed by atoms with Crippen LogP contribution in [0.4, 0.5) is 5.69 Å². The average Bonchev–Trinajstić information content (AvgIpc) is 2.75. The molecule has 0 atom stereocenters. The number of carbonyl (C=O) groups excluding carboxylic acids is 1. The highest BCUT2D eigenvalue weighted by atomic mass is 16.5. The molecule has 0 spiro atoms. The lowest BCUT2D eigenvalue weighted by atomic mass is 10.1. The maximum absolute atomic E-state index is 12.2. The van der Waals surface area contributed by atoms with E-state index in [1.807, 2.05) is 42.5 Å². The van der Waals surface area contributed by atoms with E-state index in [1.165, 1.54) is 30.4 Å². The SMILES string of the molecule is COc1cc(/C=C/C(=O)Nc2ccc(CN(C)Cc3ccccc3)cc2)ccc1O. The van der Waals surface area contributed by atoms with Gasteiger partial charge in [0.25, 0.3) is 0 Å². The van der Waals surface area contributed by atoms with Crippen LogP contribution in [0.15, 0.2) is 78.9 Å². The summed E-state index contributed by atoms with van der Waals surface area (Å²) in [6, 6.07) is 23.1. The molecule has 30 heavy (non-hydrogen) atoms. The number of phenolic OH excluding ortho intramolecular Hbond substituents is 1. The van der Waals surface area contributed by atoms with Gasteiger partial charge in [-0.1, -0.05) is 48.5 Å². The molecule has 0 heterocycles. The van der Waals surface area contributed by atoms with Crippen LogP contribution in [0, 0.1) is 0 Å². The fourth-order valence-corrected chi connectivity index (χ4v) is 3.11. The second-order valence-electron chi connectivity index (χ2n) is 7.11. The second-order valence-corrected chi connectivity index (χ2v) is 7.11. The Bertz CT molecular complexity index is 999. The first-order valence-corrected chi connectivity index (χ1v) is 9.71. The first-order valence-electron chi connectivity index (χ1n) is 9.71. The van der Waals surface area contributed by atoms with Crippen LogP contribution in [0.5, 0.6) is 11.5 Å². The van der Waals surface area contributed by atoms with Gasteiger partial charge < -0.3 is 15.2 Å². The van der Waals surface area contributed by atoms with Crippen LogP contribution in [0.25, 0.3) is 6.08 Å². The molecule has 0 aliphatic heterocycles. The maximum Gasteiger partial charge on any atom is 0.248 e. The summed E-state index contributed by atoms with van der Waals surface area (Å²) >= 11 is 0. The number of amides is 1. The minimum Gasteiger partial charge on any atom is -0.504 e. The van der Waals surface area contributed by atoms with Crippen molar-refractivity contribution in [2.24, 2.45) is 0 Å². The molecule has 5 nitrogen and oxygen atoms in total. The van der Waals surface area contributed by atoms with Gasteiger partial charge in [0.2, 0.25) is 5.91 Å². The van der Waals surface area contributed by atoms with Crippen LogP contribution in [0.2, 0.25) is 0 Å². The third-order valence-electron chi connectivity index (χ3n) is 4.60. The van der Waals surface area contributed by atoms with Crippen LogP contribution >= 0.6 is 0 Å². The van der Waals surface area contributed by atoms with Gasteiger partial charge >= 0.3 is 0 Å². The molecular formula is C25H26N2O3. The lowest BCUT2D eigenvalue weighted by Crippen LogP contribution is -2.17. The predicted molar refractivity (Wildman–Crippen MR) is 120 cm³/mol. The van der Waals surface area contributed by atoms with Crippen molar-refractivity contribution in [3.8, 4) is 11.5 Å². The number of phenols is 1. The second kappa shape index (κ2) is 10.3. The summed E-state index contributed by atoms with van der Waals surface area (Å²) in [7, 11) is 3.57. The Labute approximate surface area is 177 Å². The van der Waals surface area contributed by atoms with Gasteiger partial charge in [0.05, 0.1) is 7.11 Å². The third-order valence-corrected chi connectivity index (χ3v) is 4.60. The smallest absolute Gasteiger partial charge is 0.248 e. The van der Waals surface area contributed by atoms with Gasteiger partial charge in [-0.05, 0) is 54.1 Å². The molecule has 0 bridgehead atoms. The van der Waals surface area contributed by atoms with E-state index in [0.717, 1.165) is 24.3 Å². The summed E-state index contributed by atoms with van der Waals surface area (Å²) in [5.74, 6) is 0.204. The summed E-state index contributed by atoms with van der Waals surface area (Å²) in [5, 5.41) is 12.5. The largest absolute Gasteiger partial charge is 0.504 e. The number of nitrogens with zero attached hydrogens (tertiary/aromatic N) is 1. The number of hydrogen-bond donors (Lipinski definition) is 2. The van der Waals surface area contributed by atoms with E-state index in [4.69, 9.17) is 4.74 Å². The van der Waals surface area contributed by atoms with E-state index in [0.29, 0.717) is 5.75 Å². The standard InChI is InChI=1S/C25H26N2O3/c1-27(17-20-6-4-3-5-7-20)18-21-8-12-22(13-9-21)26-25(29)15-11-19-10-14-23(28)24(16-19)30-2/h3-16,28H,17-18H2,1-2H3,(H,26,29)/b15-11+. The molecule has 0 radical (unpaired) electrons. The van der Waals surface area contributed by atoms with Gasteiger partial charge in [-0.25, -0.2) is 0 Å². The Balaban J connectivity index is 1.52. The number of hydrogen-bond acceptors (Lipinski definition) is 4. The zero-order valence-corrected chi connectivity index (χ0v) is 17.2. The Kier molecular flexibility index (Phi) is 7.24. The van der Waals surface area contributed by atoms with Crippen molar-refractivity contribution in [2.45, 2.75) is 13.1 Å². The van der Waals surface area contributed by atoms with E-state index in [-0.39, 0.29) is 11.7 Å². The Hall–Kier alpha value is -3.57. The quantitative estimate of drug-likeness (QED) is 0.537. The van der Waals surface area contributed by atoms with Crippen molar-refractivity contribution >= 4 is 17.7 Å². The van der Waals surface area contributed by atoms with Crippen LogP contribution < -0.4 is 10.1 Å². The molecule has 1 amide bonds. The molecule has 3 aromatic carbocycles. The number of ether oxygens (including phenoxy) is 1. The first-order chi connectivity index (χ1) is 14.5. The molecule has 0 saturated carbocycles. The van der Waals surface area contributed by atoms with Gasteiger partial charge in [-0.3, -0.25) is 9.69 Å². The molecule has 2 N–H and O–H groups in total. The highest BCUT2D eigenvalue weighted by molar-refractivity contribution is 6.01. The van der Waals surface area contributed by atoms with Crippen LogP contribution in [-0.4, -0.2) is 30.1 Å². The zero-order valence-electron chi connectivity index (χ0n) is 17.2. The number of methoxy groups -OCH3 is 1. The van der Waals surface area contributed by atoms with Crippen molar-refractivity contribution in [2.75, 3.05) is 19.5 Å². The van der Waals surface area contributed by atoms with Crippen molar-refractivity contribution < 1.29 is 14.6 Å². The predicted octanol–water partition coefficient (Wildman–Crippen LogP) is 4.68. The lowest BCUT2D eigenvalue weighted by molar-refractivity contribution is -0.111. The normalized spacial score (nSPS) is 11.0. The molecule has 154 valence electrons. The Morgan fingerprint density at radius 1 is 1.00 bits per heavy atom. The van der Waals surface area contributed by atoms with Gasteiger partial charge in [-0.15, -0.1) is 0 Å². The molecule has 0 aromatic heterocycles. The Morgan fingerprint density at radius 3 is 2.33 bits per heavy atom. The van der Waals surface area contributed by atoms with E-state index in [1.54, 1.807) is 18.2 Å². The summed E-state index contributed by atoms with van der Waals surface area (Å²) in [6.45, 7) is 1.71. The van der Waals surface area contributed by atoms with E-state index < -0.39 is 0 Å². The number of nitrogens with one attached hydrogen (secondary N) is 1. The van der Waals surface area contributed by atoms with Crippen LogP contribution in [0.1, 0.15) is 16.7 Å². The molecule has 3 aromatic rings. The summed E-state index contributed by atoms with van der Waals surface area (Å²) in [4.78, 5) is 14.4. The minimum atomic E-state index is -0.226. The highest BCUT2D eigenvalue weighted by Crippen LogP contribution is 2.26. The van der Waals surface area contributed by atoms with Crippen LogP contribution in [0.3, 0.4) is 0 Å². The van der Waals surface area contributed by atoms with Crippen molar-refractivity contribution in [1.82, 2.24) is 4.90 Å². The summed E-state index contributed by atoms with van der Waals surface area (Å²) < 4.78 is 5.07. The minimum absolute atomic E-state index is 0.0635. The van der Waals surface area contributed by atoms with Crippen molar-refractivity contribution in [1.29, 1.82) is 0 Å². The van der Waals surface area contributed by atoms with E-state index in [9.17, 15) is 9.90 Å². The van der Waals surface area contributed by atoms with Crippen molar-refractivity contribution in [3.63, 3.8) is 0 Å². The Morgan fingerprint density at radius 2 is 1.67 bits per heavy atom. The van der Waals surface area contributed by atoms with Crippen molar-refractivity contribution in [3.05, 3.63) is 95.6 Å². The first kappa shape index (κ1) is 21.1. The maximum atomic E-state index is 12.2. The fraction of sp³-hybridized carbons (Fsp3) is 0.160. The number of anilines is 1. The zero-order chi connectivity index (χ0) is 21.3. The molecule has 0 saturated heterocycles. The highest BCUT2D eigenvalue weighted by Gasteiger charge is 2.04. The monoisotopic (exact) mass is 402 g/mol. The van der Waals surface area contributed by atoms with Gasteiger partial charge in [-0.2, -0.15) is 0 Å². The molecule has 0 aliphatic carbocycles. The molecule has 0 unspecified atom stereocenters. The fourth-order valence-electron chi connectivity index (χ4n) is 3.11. The van der Waals surface area contributed by atoms with Gasteiger partial charge in [0, 0.05) is 24.9 Å². The molecule has 3 rings (SSSR count). The average molecular weight is 402 g/mol. The summed E-state index contributed by atoms with van der Waals surface area (Å²) in [5.41, 5.74) is 3.96. The van der Waals surface area contributed by atoms with E-state index in [2.05, 4.69) is 29.4 Å².